The number of rotatable bonds is 4. The van der Waals surface area contributed by atoms with Crippen molar-refractivity contribution in [3.63, 3.8) is 0 Å². The maximum Gasteiger partial charge on any atom is 0.00642 e. The van der Waals surface area contributed by atoms with Gasteiger partial charge in [-0.2, -0.15) is 0 Å². The van der Waals surface area contributed by atoms with Gasteiger partial charge in [0.25, 0.3) is 0 Å². The molecule has 0 spiro atoms. The first kappa shape index (κ1) is 10.0. The predicted molar refractivity (Wildman–Crippen MR) is 53.3 cm³/mol. The third-order valence-corrected chi connectivity index (χ3v) is 3.06. The molecule has 0 heterocycles. The van der Waals surface area contributed by atoms with E-state index >= 15 is 0 Å². The average molecular weight is 170 g/mol. The fourth-order valence-electron chi connectivity index (χ4n) is 2.09. The second kappa shape index (κ2) is 5.55. The molecule has 12 heavy (non-hydrogen) atoms. The van der Waals surface area contributed by atoms with Gasteiger partial charge < -0.3 is 10.6 Å². The SMILES string of the molecule is CNCCC1CCC(NC)CC1. The number of hydrogen-bond donors (Lipinski definition) is 2. The molecular formula is C10H22N2. The van der Waals surface area contributed by atoms with Gasteiger partial charge in [-0.3, -0.25) is 0 Å². The van der Waals surface area contributed by atoms with Gasteiger partial charge >= 0.3 is 0 Å². The topological polar surface area (TPSA) is 24.1 Å². The summed E-state index contributed by atoms with van der Waals surface area (Å²) >= 11 is 0. The lowest BCUT2D eigenvalue weighted by Crippen LogP contribution is -2.30. The Labute approximate surface area is 76.1 Å². The molecule has 72 valence electrons. The quantitative estimate of drug-likeness (QED) is 0.666. The molecule has 0 aliphatic heterocycles. The van der Waals surface area contributed by atoms with E-state index in [2.05, 4.69) is 17.7 Å². The van der Waals surface area contributed by atoms with Gasteiger partial charge in [0.15, 0.2) is 0 Å². The highest BCUT2D eigenvalue weighted by molar-refractivity contribution is 4.76. The minimum Gasteiger partial charge on any atom is -0.320 e. The maximum atomic E-state index is 3.36. The smallest absolute Gasteiger partial charge is 0.00642 e. The standard InChI is InChI=1S/C10H22N2/c1-11-8-7-9-3-5-10(12-2)6-4-9/h9-12H,3-8H2,1-2H3. The third-order valence-electron chi connectivity index (χ3n) is 3.06. The van der Waals surface area contributed by atoms with E-state index in [0.717, 1.165) is 12.0 Å². The van der Waals surface area contributed by atoms with Crippen LogP contribution in [0.1, 0.15) is 32.1 Å². The van der Waals surface area contributed by atoms with Crippen molar-refractivity contribution in [1.82, 2.24) is 10.6 Å². The summed E-state index contributed by atoms with van der Waals surface area (Å²) < 4.78 is 0. The van der Waals surface area contributed by atoms with Gasteiger partial charge in [-0.1, -0.05) is 0 Å². The fraction of sp³-hybridized carbons (Fsp3) is 1.00. The van der Waals surface area contributed by atoms with Gasteiger partial charge in [0.2, 0.25) is 0 Å². The van der Waals surface area contributed by atoms with Crippen molar-refractivity contribution in [2.75, 3.05) is 20.6 Å². The Balaban J connectivity index is 2.09. The molecule has 0 unspecified atom stereocenters. The second-order valence-electron chi connectivity index (χ2n) is 3.90. The molecule has 0 amide bonds. The first-order valence-electron chi connectivity index (χ1n) is 5.18. The normalized spacial score (nSPS) is 30.5. The summed E-state index contributed by atoms with van der Waals surface area (Å²) in [7, 11) is 4.12. The van der Waals surface area contributed by atoms with E-state index in [4.69, 9.17) is 0 Å². The van der Waals surface area contributed by atoms with Gasteiger partial charge in [-0.25, -0.2) is 0 Å². The molecule has 0 radical (unpaired) electrons. The van der Waals surface area contributed by atoms with Crippen LogP contribution in [0.3, 0.4) is 0 Å². The zero-order valence-corrected chi connectivity index (χ0v) is 8.40. The monoisotopic (exact) mass is 170 g/mol. The minimum atomic E-state index is 0.802. The Morgan fingerprint density at radius 1 is 1.08 bits per heavy atom. The van der Waals surface area contributed by atoms with E-state index in [1.807, 2.05) is 7.05 Å². The van der Waals surface area contributed by atoms with Crippen LogP contribution in [0.2, 0.25) is 0 Å². The minimum absolute atomic E-state index is 0.802. The van der Waals surface area contributed by atoms with E-state index in [1.54, 1.807) is 0 Å². The van der Waals surface area contributed by atoms with Gasteiger partial charge in [-0.15, -0.1) is 0 Å². The van der Waals surface area contributed by atoms with Crippen molar-refractivity contribution in [3.8, 4) is 0 Å². The summed E-state index contributed by atoms with van der Waals surface area (Å²) in [5.41, 5.74) is 0. The lowest BCUT2D eigenvalue weighted by atomic mass is 9.84. The van der Waals surface area contributed by atoms with Crippen molar-refractivity contribution < 1.29 is 0 Å². The van der Waals surface area contributed by atoms with Gasteiger partial charge in [-0.05, 0) is 58.7 Å². The van der Waals surface area contributed by atoms with E-state index in [9.17, 15) is 0 Å². The Bertz CT molecular complexity index is 106. The summed E-state index contributed by atoms with van der Waals surface area (Å²) in [4.78, 5) is 0. The average Bonchev–Trinajstić information content (AvgIpc) is 2.15. The second-order valence-corrected chi connectivity index (χ2v) is 3.90. The summed E-state index contributed by atoms with van der Waals surface area (Å²) in [5, 5.41) is 6.59. The summed E-state index contributed by atoms with van der Waals surface area (Å²) in [5.74, 6) is 0.988. The van der Waals surface area contributed by atoms with E-state index in [-0.39, 0.29) is 0 Å². The largest absolute Gasteiger partial charge is 0.320 e. The molecule has 1 rings (SSSR count). The first-order valence-corrected chi connectivity index (χ1v) is 5.18. The summed E-state index contributed by atoms with van der Waals surface area (Å²) in [6, 6.07) is 0.802. The molecule has 0 aromatic rings. The molecule has 1 aliphatic rings. The lowest BCUT2D eigenvalue weighted by molar-refractivity contribution is 0.288. The molecule has 0 atom stereocenters. The van der Waals surface area contributed by atoms with Gasteiger partial charge in [0, 0.05) is 6.04 Å². The molecule has 0 aromatic heterocycles. The Kier molecular flexibility index (Phi) is 4.62. The number of nitrogens with one attached hydrogen (secondary N) is 2. The van der Waals surface area contributed by atoms with Crippen LogP contribution >= 0.6 is 0 Å². The Morgan fingerprint density at radius 2 is 1.75 bits per heavy atom. The molecule has 0 saturated heterocycles. The molecule has 2 heteroatoms. The molecule has 0 aromatic carbocycles. The van der Waals surface area contributed by atoms with E-state index in [1.165, 1.54) is 38.6 Å². The zero-order chi connectivity index (χ0) is 8.81. The molecule has 2 nitrogen and oxygen atoms in total. The zero-order valence-electron chi connectivity index (χ0n) is 8.40. The van der Waals surface area contributed by atoms with Crippen LogP contribution in [0.5, 0.6) is 0 Å². The molecule has 1 aliphatic carbocycles. The molecule has 1 saturated carbocycles. The summed E-state index contributed by atoms with van der Waals surface area (Å²) in [6.45, 7) is 1.19. The highest BCUT2D eigenvalue weighted by Crippen LogP contribution is 2.26. The summed E-state index contributed by atoms with van der Waals surface area (Å²) in [6.07, 6.45) is 6.98. The predicted octanol–water partition coefficient (Wildman–Crippen LogP) is 1.37. The molecule has 2 N–H and O–H groups in total. The molecular weight excluding hydrogens is 148 g/mol. The fourth-order valence-corrected chi connectivity index (χ4v) is 2.09. The van der Waals surface area contributed by atoms with Crippen molar-refractivity contribution in [2.24, 2.45) is 5.92 Å². The number of hydrogen-bond acceptors (Lipinski definition) is 2. The van der Waals surface area contributed by atoms with Crippen LogP contribution in [0.15, 0.2) is 0 Å². The third kappa shape index (κ3) is 3.11. The van der Waals surface area contributed by atoms with Crippen LogP contribution < -0.4 is 10.6 Å². The first-order chi connectivity index (χ1) is 5.86. The maximum absolute atomic E-state index is 3.36. The van der Waals surface area contributed by atoms with Crippen molar-refractivity contribution in [1.29, 1.82) is 0 Å². The molecule has 0 bridgehead atoms. The van der Waals surface area contributed by atoms with Crippen molar-refractivity contribution in [3.05, 3.63) is 0 Å². The highest BCUT2D eigenvalue weighted by Gasteiger charge is 2.18. The van der Waals surface area contributed by atoms with Crippen LogP contribution in [0, 0.1) is 5.92 Å². The van der Waals surface area contributed by atoms with E-state index in [0.29, 0.717) is 0 Å². The molecule has 1 fully saturated rings. The Hall–Kier alpha value is -0.0800. The van der Waals surface area contributed by atoms with Gasteiger partial charge in [0.1, 0.15) is 0 Å². The van der Waals surface area contributed by atoms with Crippen LogP contribution in [-0.4, -0.2) is 26.7 Å². The Morgan fingerprint density at radius 3 is 2.25 bits per heavy atom. The van der Waals surface area contributed by atoms with Gasteiger partial charge in [0.05, 0.1) is 0 Å². The van der Waals surface area contributed by atoms with Crippen molar-refractivity contribution >= 4 is 0 Å². The van der Waals surface area contributed by atoms with Crippen LogP contribution in [-0.2, 0) is 0 Å². The van der Waals surface area contributed by atoms with Crippen molar-refractivity contribution in [2.45, 2.75) is 38.1 Å². The van der Waals surface area contributed by atoms with E-state index < -0.39 is 0 Å². The van der Waals surface area contributed by atoms with Crippen LogP contribution in [0.4, 0.5) is 0 Å². The highest BCUT2D eigenvalue weighted by atomic mass is 14.9. The van der Waals surface area contributed by atoms with Crippen LogP contribution in [0.25, 0.3) is 0 Å². The lowest BCUT2D eigenvalue weighted by Gasteiger charge is -2.28.